The first-order valence-corrected chi connectivity index (χ1v) is 6.14. The van der Waals surface area contributed by atoms with E-state index in [4.69, 9.17) is 5.73 Å². The van der Waals surface area contributed by atoms with Crippen molar-refractivity contribution in [2.75, 3.05) is 26.2 Å². The number of likely N-dealkylation sites (tertiary alicyclic amines) is 1. The first kappa shape index (κ1) is 15.2. The molecule has 7 heteroatoms. The number of carbonyl (C=O) groups is 1. The summed E-state index contributed by atoms with van der Waals surface area (Å²) < 4.78 is 36.5. The third kappa shape index (κ3) is 5.22. The van der Waals surface area contributed by atoms with Gasteiger partial charge in [0.25, 0.3) is 0 Å². The number of nitrogens with two attached hydrogens (primary N) is 1. The third-order valence-corrected chi connectivity index (χ3v) is 3.11. The predicted molar refractivity (Wildman–Crippen MR) is 61.9 cm³/mol. The zero-order chi connectivity index (χ0) is 13.8. The minimum atomic E-state index is -4.15. The van der Waals surface area contributed by atoms with Gasteiger partial charge in [0.2, 0.25) is 5.91 Å². The second-order valence-corrected chi connectivity index (χ2v) is 4.76. The van der Waals surface area contributed by atoms with Crippen LogP contribution in [-0.2, 0) is 4.79 Å². The Labute approximate surface area is 105 Å². The van der Waals surface area contributed by atoms with Gasteiger partial charge in [-0.2, -0.15) is 13.2 Å². The van der Waals surface area contributed by atoms with Gasteiger partial charge in [-0.25, -0.2) is 0 Å². The first-order valence-electron chi connectivity index (χ1n) is 6.14. The molecule has 0 aromatic heterocycles. The second kappa shape index (κ2) is 6.38. The van der Waals surface area contributed by atoms with E-state index in [1.807, 2.05) is 6.92 Å². The predicted octanol–water partition coefficient (Wildman–Crippen LogP) is 0.724. The van der Waals surface area contributed by atoms with E-state index in [1.165, 1.54) is 4.90 Å². The van der Waals surface area contributed by atoms with Gasteiger partial charge in [-0.15, -0.1) is 0 Å². The quantitative estimate of drug-likeness (QED) is 0.772. The summed E-state index contributed by atoms with van der Waals surface area (Å²) in [6.45, 7) is 2.15. The minimum absolute atomic E-state index is 0.0837. The van der Waals surface area contributed by atoms with E-state index < -0.39 is 18.8 Å². The number of nitrogens with zero attached hydrogens (tertiary/aromatic N) is 1. The van der Waals surface area contributed by atoms with E-state index in [9.17, 15) is 18.0 Å². The van der Waals surface area contributed by atoms with Gasteiger partial charge in [-0.05, 0) is 25.3 Å². The molecule has 106 valence electrons. The van der Waals surface area contributed by atoms with Crippen molar-refractivity contribution in [2.24, 2.45) is 11.7 Å². The molecule has 1 aliphatic rings. The molecule has 1 saturated heterocycles. The van der Waals surface area contributed by atoms with Crippen molar-refractivity contribution in [1.82, 2.24) is 10.2 Å². The molecule has 1 aliphatic heterocycles. The summed E-state index contributed by atoms with van der Waals surface area (Å²) in [6, 6.07) is -0.530. The number of hydrogen-bond acceptors (Lipinski definition) is 3. The number of alkyl halides is 3. The SMILES string of the molecule is CC[C@H](N)C(=O)NCC1CCN(CC(F)(F)F)C1. The Balaban J connectivity index is 2.25. The van der Waals surface area contributed by atoms with E-state index in [-0.39, 0.29) is 11.8 Å². The van der Waals surface area contributed by atoms with E-state index in [2.05, 4.69) is 5.32 Å². The molecule has 0 saturated carbocycles. The fourth-order valence-electron chi connectivity index (χ4n) is 2.04. The summed E-state index contributed by atoms with van der Waals surface area (Å²) in [7, 11) is 0. The molecule has 1 fully saturated rings. The van der Waals surface area contributed by atoms with Gasteiger partial charge in [-0.3, -0.25) is 9.69 Å². The number of amides is 1. The Kier molecular flexibility index (Phi) is 5.40. The molecule has 4 nitrogen and oxygen atoms in total. The van der Waals surface area contributed by atoms with E-state index >= 15 is 0 Å². The molecule has 18 heavy (non-hydrogen) atoms. The topological polar surface area (TPSA) is 58.4 Å². The summed E-state index contributed by atoms with van der Waals surface area (Å²) in [5, 5.41) is 2.69. The molecule has 0 spiro atoms. The van der Waals surface area contributed by atoms with Crippen LogP contribution in [0.3, 0.4) is 0 Å². The van der Waals surface area contributed by atoms with Crippen molar-refractivity contribution in [3.8, 4) is 0 Å². The van der Waals surface area contributed by atoms with Gasteiger partial charge in [0.05, 0.1) is 12.6 Å². The Hall–Kier alpha value is -0.820. The first-order chi connectivity index (χ1) is 8.31. The number of halogens is 3. The molecule has 1 heterocycles. The highest BCUT2D eigenvalue weighted by Gasteiger charge is 2.34. The normalized spacial score (nSPS) is 23.1. The average Bonchev–Trinajstić information content (AvgIpc) is 2.69. The van der Waals surface area contributed by atoms with Gasteiger partial charge in [0.1, 0.15) is 0 Å². The zero-order valence-electron chi connectivity index (χ0n) is 10.5. The van der Waals surface area contributed by atoms with Crippen molar-refractivity contribution in [1.29, 1.82) is 0 Å². The number of nitrogens with one attached hydrogen (secondary N) is 1. The van der Waals surface area contributed by atoms with Crippen molar-refractivity contribution in [2.45, 2.75) is 32.0 Å². The smallest absolute Gasteiger partial charge is 0.354 e. The van der Waals surface area contributed by atoms with E-state index in [0.29, 0.717) is 32.5 Å². The second-order valence-electron chi connectivity index (χ2n) is 4.76. The van der Waals surface area contributed by atoms with Crippen LogP contribution in [0.1, 0.15) is 19.8 Å². The maximum Gasteiger partial charge on any atom is 0.401 e. The Morgan fingerprint density at radius 3 is 2.78 bits per heavy atom. The maximum atomic E-state index is 12.2. The Morgan fingerprint density at radius 2 is 2.22 bits per heavy atom. The number of carbonyl (C=O) groups excluding carboxylic acids is 1. The Morgan fingerprint density at radius 1 is 1.56 bits per heavy atom. The van der Waals surface area contributed by atoms with E-state index in [0.717, 1.165) is 0 Å². The molecule has 2 atom stereocenters. The lowest BCUT2D eigenvalue weighted by molar-refractivity contribution is -0.143. The molecular formula is C11H20F3N3O. The monoisotopic (exact) mass is 267 g/mol. The van der Waals surface area contributed by atoms with Crippen LogP contribution >= 0.6 is 0 Å². The van der Waals surface area contributed by atoms with Crippen molar-refractivity contribution >= 4 is 5.91 Å². The fourth-order valence-corrected chi connectivity index (χ4v) is 2.04. The van der Waals surface area contributed by atoms with Gasteiger partial charge in [0, 0.05) is 13.1 Å². The molecule has 1 unspecified atom stereocenters. The van der Waals surface area contributed by atoms with Gasteiger partial charge >= 0.3 is 6.18 Å². The number of rotatable bonds is 5. The van der Waals surface area contributed by atoms with Crippen molar-refractivity contribution in [3.05, 3.63) is 0 Å². The highest BCUT2D eigenvalue weighted by Crippen LogP contribution is 2.22. The largest absolute Gasteiger partial charge is 0.401 e. The Bertz CT molecular complexity index is 283. The lowest BCUT2D eigenvalue weighted by Crippen LogP contribution is -2.42. The van der Waals surface area contributed by atoms with Crippen LogP contribution < -0.4 is 11.1 Å². The van der Waals surface area contributed by atoms with Gasteiger partial charge in [-0.1, -0.05) is 6.92 Å². The van der Waals surface area contributed by atoms with Crippen LogP contribution in [0.2, 0.25) is 0 Å². The molecule has 1 rings (SSSR count). The van der Waals surface area contributed by atoms with Gasteiger partial charge in [0.15, 0.2) is 0 Å². The fraction of sp³-hybridized carbons (Fsp3) is 0.909. The van der Waals surface area contributed by atoms with Crippen LogP contribution in [-0.4, -0.2) is 49.2 Å². The van der Waals surface area contributed by atoms with Crippen molar-refractivity contribution < 1.29 is 18.0 Å². The lowest BCUT2D eigenvalue weighted by Gasteiger charge is -2.18. The standard InChI is InChI=1S/C11H20F3N3O/c1-2-9(15)10(18)16-5-8-3-4-17(6-8)7-11(12,13)14/h8-9H,2-7,15H2,1H3,(H,16,18)/t8?,9-/m0/s1. The van der Waals surface area contributed by atoms with E-state index in [1.54, 1.807) is 0 Å². The van der Waals surface area contributed by atoms with Crippen LogP contribution in [0.25, 0.3) is 0 Å². The summed E-state index contributed by atoms with van der Waals surface area (Å²) in [4.78, 5) is 12.8. The maximum absolute atomic E-state index is 12.2. The molecule has 0 radical (unpaired) electrons. The van der Waals surface area contributed by atoms with Crippen molar-refractivity contribution in [3.63, 3.8) is 0 Å². The number of hydrogen-bond donors (Lipinski definition) is 2. The van der Waals surface area contributed by atoms with Crippen LogP contribution in [0.4, 0.5) is 13.2 Å². The van der Waals surface area contributed by atoms with Crippen LogP contribution in [0, 0.1) is 5.92 Å². The molecule has 3 N–H and O–H groups in total. The molecule has 0 bridgehead atoms. The molecule has 0 aliphatic carbocycles. The molecule has 1 amide bonds. The summed E-state index contributed by atoms with van der Waals surface area (Å²) in [5.74, 6) is -0.146. The summed E-state index contributed by atoms with van der Waals surface area (Å²) in [5.41, 5.74) is 5.54. The minimum Gasteiger partial charge on any atom is -0.354 e. The average molecular weight is 267 g/mol. The van der Waals surface area contributed by atoms with Gasteiger partial charge < -0.3 is 11.1 Å². The molecule has 0 aromatic carbocycles. The summed E-state index contributed by atoms with van der Waals surface area (Å²) >= 11 is 0. The molecule has 0 aromatic rings. The summed E-state index contributed by atoms with van der Waals surface area (Å²) in [6.07, 6.45) is -2.92. The lowest BCUT2D eigenvalue weighted by atomic mass is 10.1. The highest BCUT2D eigenvalue weighted by molar-refractivity contribution is 5.81. The molecular weight excluding hydrogens is 247 g/mol. The zero-order valence-corrected chi connectivity index (χ0v) is 10.5. The van der Waals surface area contributed by atoms with Crippen LogP contribution in [0.5, 0.6) is 0 Å². The highest BCUT2D eigenvalue weighted by atomic mass is 19.4. The van der Waals surface area contributed by atoms with Crippen LogP contribution in [0.15, 0.2) is 0 Å². The third-order valence-electron chi connectivity index (χ3n) is 3.11.